The first kappa shape index (κ1) is 7.74. The molecule has 0 fully saturated rings. The molecular formula is C4H8N2O3. The molecule has 0 radical (unpaired) electrons. The monoisotopic (exact) mass is 132 g/mol. The van der Waals surface area contributed by atoms with Crippen LogP contribution in [0, 0.1) is 0 Å². The second-order valence-electron chi connectivity index (χ2n) is 1.15. The van der Waals surface area contributed by atoms with Crippen LogP contribution in [-0.2, 0) is 14.4 Å². The molecule has 0 unspecified atom stereocenters. The van der Waals surface area contributed by atoms with Crippen LogP contribution in [0.25, 0.3) is 0 Å². The Morgan fingerprint density at radius 3 is 2.44 bits per heavy atom. The Labute approximate surface area is 52.4 Å². The number of esters is 1. The van der Waals surface area contributed by atoms with Crippen molar-refractivity contribution in [3.05, 3.63) is 0 Å². The largest absolute Gasteiger partial charge is 0.463 e. The molecule has 0 bridgehead atoms. The number of nitrogens with two attached hydrogens (primary N) is 1. The molecule has 0 aliphatic heterocycles. The molecule has 0 aromatic carbocycles. The van der Waals surface area contributed by atoms with Crippen LogP contribution in [-0.4, -0.2) is 26.0 Å². The van der Waals surface area contributed by atoms with E-state index in [4.69, 9.17) is 5.73 Å². The molecule has 52 valence electrons. The summed E-state index contributed by atoms with van der Waals surface area (Å²) in [6.07, 6.45) is 0. The summed E-state index contributed by atoms with van der Waals surface area (Å²) in [5, 5.41) is 3.12. The average Bonchev–Trinajstić information content (AvgIpc) is 1.87. The van der Waals surface area contributed by atoms with Crippen molar-refractivity contribution in [2.45, 2.75) is 0 Å². The zero-order valence-electron chi connectivity index (χ0n) is 5.25. The predicted octanol–water partition coefficient (Wildman–Crippen LogP) is -0.922. The van der Waals surface area contributed by atoms with Gasteiger partial charge in [0.15, 0.2) is 0 Å². The van der Waals surface area contributed by atoms with E-state index in [1.807, 2.05) is 0 Å². The maximum absolute atomic E-state index is 10.3. The minimum atomic E-state index is -0.697. The number of carbonyl (C=O) groups is 1. The lowest BCUT2D eigenvalue weighted by atomic mass is 10.6. The van der Waals surface area contributed by atoms with E-state index in [9.17, 15) is 4.79 Å². The van der Waals surface area contributed by atoms with Crippen molar-refractivity contribution in [2.75, 3.05) is 14.2 Å². The third-order valence-corrected chi connectivity index (χ3v) is 0.584. The number of methoxy groups -OCH3 is 1. The number of carbonyl (C=O) groups excluding carboxylic acids is 1. The number of rotatable bonds is 1. The first-order chi connectivity index (χ1) is 4.22. The Kier molecular flexibility index (Phi) is 3.19. The summed E-state index contributed by atoms with van der Waals surface area (Å²) in [5.41, 5.74) is 4.99. The lowest BCUT2D eigenvalue weighted by molar-refractivity contribution is -0.133. The molecule has 0 aromatic rings. The van der Waals surface area contributed by atoms with E-state index >= 15 is 0 Å². The van der Waals surface area contributed by atoms with Gasteiger partial charge in [-0.05, 0) is 0 Å². The van der Waals surface area contributed by atoms with Crippen LogP contribution < -0.4 is 5.73 Å². The molecular weight excluding hydrogens is 124 g/mol. The molecule has 0 rings (SSSR count). The molecule has 0 aliphatic carbocycles. The SMILES string of the molecule is CON=C(N)C(=O)OC. The molecule has 0 spiro atoms. The van der Waals surface area contributed by atoms with Crippen LogP contribution in [0.2, 0.25) is 0 Å². The molecule has 0 saturated heterocycles. The summed E-state index contributed by atoms with van der Waals surface area (Å²) < 4.78 is 4.19. The standard InChI is InChI=1S/C4H8N2O3/c1-8-4(7)3(5)6-9-2/h1-2H3,(H2,5,6). The number of hydrogen-bond donors (Lipinski definition) is 1. The minimum absolute atomic E-state index is 0.292. The molecule has 0 amide bonds. The summed E-state index contributed by atoms with van der Waals surface area (Å²) in [6, 6.07) is 0. The van der Waals surface area contributed by atoms with E-state index in [1.165, 1.54) is 14.2 Å². The van der Waals surface area contributed by atoms with Gasteiger partial charge in [-0.15, -0.1) is 0 Å². The van der Waals surface area contributed by atoms with E-state index in [2.05, 4.69) is 14.7 Å². The average molecular weight is 132 g/mol. The van der Waals surface area contributed by atoms with E-state index in [1.54, 1.807) is 0 Å². The molecule has 2 N–H and O–H groups in total. The number of amidine groups is 1. The molecule has 0 aromatic heterocycles. The van der Waals surface area contributed by atoms with E-state index in [0.29, 0.717) is 0 Å². The quantitative estimate of drug-likeness (QED) is 0.217. The van der Waals surface area contributed by atoms with Gasteiger partial charge in [-0.1, -0.05) is 5.16 Å². The first-order valence-corrected chi connectivity index (χ1v) is 2.17. The molecule has 0 aliphatic rings. The second-order valence-corrected chi connectivity index (χ2v) is 1.15. The third kappa shape index (κ3) is 2.53. The Bertz CT molecular complexity index is 132. The van der Waals surface area contributed by atoms with E-state index < -0.39 is 5.97 Å². The highest BCUT2D eigenvalue weighted by atomic mass is 16.6. The fourth-order valence-corrected chi connectivity index (χ4v) is 0.240. The molecule has 0 saturated carbocycles. The zero-order chi connectivity index (χ0) is 7.28. The molecule has 0 atom stereocenters. The number of nitrogens with zero attached hydrogens (tertiary/aromatic N) is 1. The highest BCUT2D eigenvalue weighted by molar-refractivity contribution is 6.34. The Hall–Kier alpha value is -1.26. The predicted molar refractivity (Wildman–Crippen MR) is 30.6 cm³/mol. The fraction of sp³-hybridized carbons (Fsp3) is 0.500. The topological polar surface area (TPSA) is 73.9 Å². The Balaban J connectivity index is 3.86. The normalized spacial score (nSPS) is 10.7. The van der Waals surface area contributed by atoms with Gasteiger partial charge in [0.25, 0.3) is 0 Å². The van der Waals surface area contributed by atoms with Gasteiger partial charge in [0, 0.05) is 0 Å². The van der Waals surface area contributed by atoms with Crippen LogP contribution in [0.4, 0.5) is 0 Å². The van der Waals surface area contributed by atoms with Gasteiger partial charge in [0.2, 0.25) is 5.84 Å². The van der Waals surface area contributed by atoms with Gasteiger partial charge in [0.05, 0.1) is 7.11 Å². The minimum Gasteiger partial charge on any atom is -0.463 e. The van der Waals surface area contributed by atoms with Crippen LogP contribution >= 0.6 is 0 Å². The van der Waals surface area contributed by atoms with Crippen molar-refractivity contribution in [1.29, 1.82) is 0 Å². The van der Waals surface area contributed by atoms with Crippen molar-refractivity contribution in [1.82, 2.24) is 0 Å². The maximum atomic E-state index is 10.3. The molecule has 5 heteroatoms. The Morgan fingerprint density at radius 2 is 2.11 bits per heavy atom. The Morgan fingerprint density at radius 1 is 1.56 bits per heavy atom. The highest BCUT2D eigenvalue weighted by Gasteiger charge is 2.04. The molecule has 0 heterocycles. The summed E-state index contributed by atoms with van der Waals surface area (Å²) >= 11 is 0. The maximum Gasteiger partial charge on any atom is 0.376 e. The van der Waals surface area contributed by atoms with Crippen LogP contribution in [0.5, 0.6) is 0 Å². The smallest absolute Gasteiger partial charge is 0.376 e. The number of hydrogen-bond acceptors (Lipinski definition) is 4. The van der Waals surface area contributed by atoms with Crippen molar-refractivity contribution in [2.24, 2.45) is 10.9 Å². The highest BCUT2D eigenvalue weighted by Crippen LogP contribution is 1.74. The van der Waals surface area contributed by atoms with Gasteiger partial charge in [-0.3, -0.25) is 0 Å². The molecule has 5 nitrogen and oxygen atoms in total. The van der Waals surface area contributed by atoms with Gasteiger partial charge in [-0.25, -0.2) is 4.79 Å². The summed E-state index contributed by atoms with van der Waals surface area (Å²) in [4.78, 5) is 14.5. The van der Waals surface area contributed by atoms with E-state index in [0.717, 1.165) is 0 Å². The van der Waals surface area contributed by atoms with Gasteiger partial charge in [0.1, 0.15) is 7.11 Å². The van der Waals surface area contributed by atoms with Crippen molar-refractivity contribution < 1.29 is 14.4 Å². The van der Waals surface area contributed by atoms with Crippen molar-refractivity contribution in [3.63, 3.8) is 0 Å². The number of oxime groups is 1. The first-order valence-electron chi connectivity index (χ1n) is 2.17. The summed E-state index contributed by atoms with van der Waals surface area (Å²) in [7, 11) is 2.50. The van der Waals surface area contributed by atoms with Crippen molar-refractivity contribution >= 4 is 11.8 Å². The van der Waals surface area contributed by atoms with Crippen molar-refractivity contribution in [3.8, 4) is 0 Å². The van der Waals surface area contributed by atoms with Gasteiger partial charge in [-0.2, -0.15) is 0 Å². The second kappa shape index (κ2) is 3.71. The number of ether oxygens (including phenoxy) is 1. The van der Waals surface area contributed by atoms with E-state index in [-0.39, 0.29) is 5.84 Å². The van der Waals surface area contributed by atoms with Crippen LogP contribution in [0.1, 0.15) is 0 Å². The van der Waals surface area contributed by atoms with Crippen LogP contribution in [0.15, 0.2) is 5.16 Å². The van der Waals surface area contributed by atoms with Gasteiger partial charge < -0.3 is 15.3 Å². The third-order valence-electron chi connectivity index (χ3n) is 0.584. The molecule has 9 heavy (non-hydrogen) atoms. The zero-order valence-corrected chi connectivity index (χ0v) is 5.25. The summed E-state index contributed by atoms with van der Waals surface area (Å²) in [6.45, 7) is 0. The van der Waals surface area contributed by atoms with Crippen LogP contribution in [0.3, 0.4) is 0 Å². The fourth-order valence-electron chi connectivity index (χ4n) is 0.240. The lowest BCUT2D eigenvalue weighted by Crippen LogP contribution is -2.24. The summed E-state index contributed by atoms with van der Waals surface area (Å²) in [5.74, 6) is -0.989. The van der Waals surface area contributed by atoms with Gasteiger partial charge >= 0.3 is 5.97 Å². The lowest BCUT2D eigenvalue weighted by Gasteiger charge is -1.94.